The lowest BCUT2D eigenvalue weighted by Crippen LogP contribution is -2.42. The van der Waals surface area contributed by atoms with Gasteiger partial charge >= 0.3 is 5.97 Å². The second kappa shape index (κ2) is 11.1. The summed E-state index contributed by atoms with van der Waals surface area (Å²) in [4.78, 5) is 24.9. The molecule has 4 N–H and O–H groups in total. The molecule has 0 spiro atoms. The molecule has 0 aliphatic rings. The van der Waals surface area contributed by atoms with Crippen LogP contribution in [0.25, 0.3) is 0 Å². The van der Waals surface area contributed by atoms with E-state index >= 15 is 0 Å². The summed E-state index contributed by atoms with van der Waals surface area (Å²) < 4.78 is 0. The molecule has 1 unspecified atom stereocenters. The third-order valence-corrected chi connectivity index (χ3v) is 3.79. The summed E-state index contributed by atoms with van der Waals surface area (Å²) in [6, 6.07) is 6.51. The number of hydrogen-bond donors (Lipinski definition) is 3. The van der Waals surface area contributed by atoms with Crippen LogP contribution in [0.1, 0.15) is 12.0 Å². The number of halogens is 2. The predicted molar refractivity (Wildman–Crippen MR) is 97.0 cm³/mol. The Balaban J connectivity index is 2.75. The molecule has 8 heteroatoms. The number of carbonyl (C=O) groups is 2. The largest absolute Gasteiger partial charge is 0.480 e. The molecule has 24 heavy (non-hydrogen) atoms. The zero-order valence-electron chi connectivity index (χ0n) is 13.4. The van der Waals surface area contributed by atoms with Crippen molar-refractivity contribution in [3.8, 4) is 0 Å². The summed E-state index contributed by atoms with van der Waals surface area (Å²) in [7, 11) is 0. The first-order valence-electron chi connectivity index (χ1n) is 7.69. The number of alkyl halides is 2. The van der Waals surface area contributed by atoms with Crippen LogP contribution in [0.2, 0.25) is 0 Å². The lowest BCUT2D eigenvalue weighted by Gasteiger charge is -2.23. The lowest BCUT2D eigenvalue weighted by molar-refractivity contribution is -0.141. The van der Waals surface area contributed by atoms with Gasteiger partial charge in [-0.15, -0.1) is 23.2 Å². The van der Waals surface area contributed by atoms with Crippen molar-refractivity contribution in [1.82, 2.24) is 5.32 Å². The quantitative estimate of drug-likeness (QED) is 0.508. The highest BCUT2D eigenvalue weighted by atomic mass is 35.5. The molecule has 0 fully saturated rings. The standard InChI is InChI=1S/C16H23Cl2N3O3/c17-6-9-21(10-7-18)13-3-1-12(2-4-13)11-14(16(23)24)20-15(22)5-8-19/h1-4,14H,5-11,19H2,(H,20,22)(H,23,24). The van der Waals surface area contributed by atoms with Gasteiger partial charge in [-0.05, 0) is 17.7 Å². The van der Waals surface area contributed by atoms with Crippen molar-refractivity contribution < 1.29 is 14.7 Å². The zero-order valence-corrected chi connectivity index (χ0v) is 14.9. The molecular formula is C16H23Cl2N3O3. The summed E-state index contributed by atoms with van der Waals surface area (Å²) in [6.07, 6.45) is 0.311. The predicted octanol–water partition coefficient (Wildman–Crippen LogP) is 1.43. The van der Waals surface area contributed by atoms with Crippen molar-refractivity contribution in [3.05, 3.63) is 29.8 Å². The Morgan fingerprint density at radius 2 is 1.75 bits per heavy atom. The molecule has 1 atom stereocenters. The van der Waals surface area contributed by atoms with Crippen LogP contribution in [-0.4, -0.2) is 54.4 Å². The van der Waals surface area contributed by atoms with Crippen LogP contribution in [0, 0.1) is 0 Å². The van der Waals surface area contributed by atoms with E-state index in [9.17, 15) is 14.7 Å². The van der Waals surface area contributed by atoms with E-state index in [1.165, 1.54) is 0 Å². The number of anilines is 1. The van der Waals surface area contributed by atoms with E-state index in [0.717, 1.165) is 11.3 Å². The maximum Gasteiger partial charge on any atom is 0.326 e. The Bertz CT molecular complexity index is 520. The van der Waals surface area contributed by atoms with Gasteiger partial charge in [0.2, 0.25) is 5.91 Å². The third-order valence-electron chi connectivity index (χ3n) is 3.45. The normalized spacial score (nSPS) is 11.8. The fourth-order valence-corrected chi connectivity index (χ4v) is 2.66. The zero-order chi connectivity index (χ0) is 17.9. The first kappa shape index (κ1) is 20.5. The van der Waals surface area contributed by atoms with Crippen LogP contribution in [0.3, 0.4) is 0 Å². The molecule has 0 aromatic heterocycles. The number of carboxylic acids is 1. The Morgan fingerprint density at radius 3 is 2.21 bits per heavy atom. The number of benzene rings is 1. The van der Waals surface area contributed by atoms with Gasteiger partial charge < -0.3 is 21.1 Å². The highest BCUT2D eigenvalue weighted by Gasteiger charge is 2.20. The second-order valence-electron chi connectivity index (χ2n) is 5.23. The molecule has 1 aromatic carbocycles. The van der Waals surface area contributed by atoms with Crippen LogP contribution in [-0.2, 0) is 16.0 Å². The first-order chi connectivity index (χ1) is 11.5. The van der Waals surface area contributed by atoms with Crippen LogP contribution >= 0.6 is 23.2 Å². The van der Waals surface area contributed by atoms with E-state index in [1.54, 1.807) is 0 Å². The maximum absolute atomic E-state index is 11.5. The van der Waals surface area contributed by atoms with Crippen molar-refractivity contribution in [1.29, 1.82) is 0 Å². The average molecular weight is 376 g/mol. The molecule has 0 radical (unpaired) electrons. The number of carboxylic acid groups (broad SMARTS) is 1. The van der Waals surface area contributed by atoms with Crippen molar-refractivity contribution in [3.63, 3.8) is 0 Å². The Kier molecular flexibility index (Phi) is 9.52. The van der Waals surface area contributed by atoms with E-state index in [1.807, 2.05) is 24.3 Å². The second-order valence-corrected chi connectivity index (χ2v) is 5.99. The summed E-state index contributed by atoms with van der Waals surface area (Å²) in [5, 5.41) is 11.7. The minimum absolute atomic E-state index is 0.106. The lowest BCUT2D eigenvalue weighted by atomic mass is 10.0. The molecule has 1 aromatic rings. The highest BCUT2D eigenvalue weighted by molar-refractivity contribution is 6.18. The Morgan fingerprint density at radius 1 is 1.17 bits per heavy atom. The number of hydrogen-bond acceptors (Lipinski definition) is 4. The molecule has 0 aliphatic carbocycles. The van der Waals surface area contributed by atoms with E-state index in [4.69, 9.17) is 28.9 Å². The number of aliphatic carboxylic acids is 1. The molecule has 0 aliphatic heterocycles. The maximum atomic E-state index is 11.5. The van der Waals surface area contributed by atoms with E-state index in [2.05, 4.69) is 10.2 Å². The molecule has 0 heterocycles. The van der Waals surface area contributed by atoms with E-state index in [-0.39, 0.29) is 25.3 Å². The fraction of sp³-hybridized carbons (Fsp3) is 0.500. The van der Waals surface area contributed by atoms with Gasteiger partial charge in [0.05, 0.1) is 0 Å². The van der Waals surface area contributed by atoms with Gasteiger partial charge in [-0.3, -0.25) is 4.79 Å². The molecule has 134 valence electrons. The van der Waals surface area contributed by atoms with E-state index < -0.39 is 12.0 Å². The summed E-state index contributed by atoms with van der Waals surface area (Å²) in [5.41, 5.74) is 7.08. The number of nitrogens with two attached hydrogens (primary N) is 1. The molecule has 1 rings (SSSR count). The van der Waals surface area contributed by atoms with Gasteiger partial charge in [0.25, 0.3) is 0 Å². The SMILES string of the molecule is NCCC(=O)NC(Cc1ccc(N(CCCl)CCCl)cc1)C(=O)O. The molecule has 6 nitrogen and oxygen atoms in total. The van der Waals surface area contributed by atoms with Gasteiger partial charge in [0.15, 0.2) is 0 Å². The topological polar surface area (TPSA) is 95.7 Å². The molecule has 0 bridgehead atoms. The van der Waals surface area contributed by atoms with Gasteiger partial charge in [-0.1, -0.05) is 12.1 Å². The van der Waals surface area contributed by atoms with E-state index in [0.29, 0.717) is 24.8 Å². The Labute approximate surface area is 151 Å². The van der Waals surface area contributed by atoms with Crippen LogP contribution in [0.5, 0.6) is 0 Å². The van der Waals surface area contributed by atoms with Gasteiger partial charge in [0, 0.05) is 49.9 Å². The third kappa shape index (κ3) is 6.95. The minimum Gasteiger partial charge on any atom is -0.480 e. The number of rotatable bonds is 11. The number of nitrogens with zero attached hydrogens (tertiary/aromatic N) is 1. The average Bonchev–Trinajstić information content (AvgIpc) is 2.55. The van der Waals surface area contributed by atoms with Gasteiger partial charge in [0.1, 0.15) is 6.04 Å². The number of carbonyl (C=O) groups excluding carboxylic acids is 1. The number of amides is 1. The van der Waals surface area contributed by atoms with Crippen molar-refractivity contribution in [2.75, 3.05) is 36.3 Å². The summed E-state index contributed by atoms with van der Waals surface area (Å²) >= 11 is 11.6. The minimum atomic E-state index is -1.07. The van der Waals surface area contributed by atoms with Crippen LogP contribution < -0.4 is 16.0 Å². The summed E-state index contributed by atoms with van der Waals surface area (Å²) in [5.74, 6) is -0.452. The molecule has 0 saturated heterocycles. The van der Waals surface area contributed by atoms with Gasteiger partial charge in [-0.2, -0.15) is 0 Å². The summed E-state index contributed by atoms with van der Waals surface area (Å²) in [6.45, 7) is 1.55. The first-order valence-corrected chi connectivity index (χ1v) is 8.76. The van der Waals surface area contributed by atoms with Crippen molar-refractivity contribution >= 4 is 40.8 Å². The molecular weight excluding hydrogens is 353 g/mol. The van der Waals surface area contributed by atoms with Crippen molar-refractivity contribution in [2.24, 2.45) is 5.73 Å². The van der Waals surface area contributed by atoms with Gasteiger partial charge in [-0.25, -0.2) is 4.79 Å². The van der Waals surface area contributed by atoms with Crippen LogP contribution in [0.4, 0.5) is 5.69 Å². The Hall–Kier alpha value is -1.50. The number of nitrogens with one attached hydrogen (secondary N) is 1. The molecule has 1 amide bonds. The smallest absolute Gasteiger partial charge is 0.326 e. The fourth-order valence-electron chi connectivity index (χ4n) is 2.25. The molecule has 0 saturated carbocycles. The van der Waals surface area contributed by atoms with Crippen LogP contribution in [0.15, 0.2) is 24.3 Å². The highest BCUT2D eigenvalue weighted by Crippen LogP contribution is 2.16. The van der Waals surface area contributed by atoms with Crippen molar-refractivity contribution in [2.45, 2.75) is 18.9 Å². The monoisotopic (exact) mass is 375 g/mol.